The number of aromatic nitrogens is 3. The first kappa shape index (κ1) is 16.9. The largest absolute Gasteiger partial charge is 0.480 e. The molecule has 2 aromatic heterocycles. The van der Waals surface area contributed by atoms with Gasteiger partial charge >= 0.3 is 5.97 Å². The number of carboxylic acids is 1. The van der Waals surface area contributed by atoms with E-state index in [9.17, 15) is 4.79 Å². The average Bonchev–Trinajstić information content (AvgIpc) is 2.67. The minimum absolute atomic E-state index is 0.162. The molecule has 0 fully saturated rings. The normalized spacial score (nSPS) is 9.96. The highest BCUT2D eigenvalue weighted by atomic mass is 16.4. The lowest BCUT2D eigenvalue weighted by Crippen LogP contribution is -2.15. The zero-order valence-electron chi connectivity index (χ0n) is 13.5. The van der Waals surface area contributed by atoms with Gasteiger partial charge in [-0.05, 0) is 30.3 Å². The predicted octanol–water partition coefficient (Wildman–Crippen LogP) is 2.65. The molecule has 0 aliphatic rings. The number of nitrogens with zero attached hydrogens (tertiary/aromatic N) is 4. The summed E-state index contributed by atoms with van der Waals surface area (Å²) in [5, 5.41) is 23.6. The lowest BCUT2D eigenvalue weighted by atomic mass is 10.2. The fourth-order valence-corrected chi connectivity index (χ4v) is 2.20. The third kappa shape index (κ3) is 4.30. The fraction of sp³-hybridized carbons (Fsp3) is 0.0556. The maximum Gasteiger partial charge on any atom is 0.322 e. The lowest BCUT2D eigenvalue weighted by molar-refractivity contribution is -0.134. The third-order valence-corrected chi connectivity index (χ3v) is 3.32. The number of pyridine rings is 1. The molecule has 128 valence electrons. The highest BCUT2D eigenvalue weighted by molar-refractivity contribution is 5.72. The number of rotatable bonds is 6. The number of nitriles is 1. The van der Waals surface area contributed by atoms with Crippen LogP contribution in [0, 0.1) is 11.3 Å². The molecule has 26 heavy (non-hydrogen) atoms. The molecule has 0 spiro atoms. The quantitative estimate of drug-likeness (QED) is 0.622. The van der Waals surface area contributed by atoms with Gasteiger partial charge < -0.3 is 15.7 Å². The number of carboxylic acid groups (broad SMARTS) is 1. The monoisotopic (exact) mass is 346 g/mol. The van der Waals surface area contributed by atoms with Crippen molar-refractivity contribution in [3.05, 3.63) is 60.3 Å². The number of carbonyl (C=O) groups is 1. The zero-order chi connectivity index (χ0) is 18.4. The Balaban J connectivity index is 1.96. The first-order valence-electron chi connectivity index (χ1n) is 7.67. The molecule has 0 amide bonds. The van der Waals surface area contributed by atoms with Gasteiger partial charge in [-0.2, -0.15) is 10.2 Å². The van der Waals surface area contributed by atoms with E-state index in [-0.39, 0.29) is 12.5 Å². The van der Waals surface area contributed by atoms with Gasteiger partial charge in [0.05, 0.1) is 23.0 Å². The number of anilines is 3. The molecule has 8 nitrogen and oxygen atoms in total. The molecule has 0 aliphatic carbocycles. The van der Waals surface area contributed by atoms with Crippen molar-refractivity contribution in [2.75, 3.05) is 17.2 Å². The van der Waals surface area contributed by atoms with Gasteiger partial charge in [0.1, 0.15) is 12.4 Å². The van der Waals surface area contributed by atoms with Crippen LogP contribution in [0.4, 0.5) is 17.5 Å². The topological polar surface area (TPSA) is 124 Å². The minimum atomic E-state index is -1.02. The molecule has 0 atom stereocenters. The smallest absolute Gasteiger partial charge is 0.322 e. The Bertz CT molecular complexity index is 969. The van der Waals surface area contributed by atoms with E-state index in [2.05, 4.69) is 31.7 Å². The molecule has 0 bridgehead atoms. The van der Waals surface area contributed by atoms with E-state index in [0.717, 1.165) is 0 Å². The molecule has 3 aromatic rings. The number of hydrogen-bond acceptors (Lipinski definition) is 7. The Morgan fingerprint density at radius 1 is 1.12 bits per heavy atom. The number of nitrogens with one attached hydrogen (secondary N) is 2. The van der Waals surface area contributed by atoms with Gasteiger partial charge in [-0.15, -0.1) is 0 Å². The van der Waals surface area contributed by atoms with Crippen molar-refractivity contribution >= 4 is 23.4 Å². The molecule has 1 aromatic carbocycles. The Hall–Kier alpha value is -3.99. The van der Waals surface area contributed by atoms with Crippen LogP contribution in [-0.2, 0) is 4.79 Å². The van der Waals surface area contributed by atoms with E-state index in [0.29, 0.717) is 28.5 Å². The summed E-state index contributed by atoms with van der Waals surface area (Å²) in [5.41, 5.74) is 2.35. The van der Waals surface area contributed by atoms with Gasteiger partial charge in [0.15, 0.2) is 0 Å². The molecule has 0 saturated carbocycles. The Labute approximate surface area is 149 Å². The molecule has 3 rings (SSSR count). The molecule has 0 unspecified atom stereocenters. The second-order valence-electron chi connectivity index (χ2n) is 5.24. The van der Waals surface area contributed by atoms with Crippen molar-refractivity contribution in [2.45, 2.75) is 0 Å². The molecule has 0 radical (unpaired) electrons. The fourth-order valence-electron chi connectivity index (χ4n) is 2.20. The van der Waals surface area contributed by atoms with E-state index in [1.165, 1.54) is 0 Å². The van der Waals surface area contributed by atoms with Gasteiger partial charge in [0.25, 0.3) is 0 Å². The molecular formula is C18H14N6O2. The van der Waals surface area contributed by atoms with E-state index < -0.39 is 5.97 Å². The number of benzene rings is 1. The van der Waals surface area contributed by atoms with Crippen molar-refractivity contribution in [3.63, 3.8) is 0 Å². The van der Waals surface area contributed by atoms with E-state index in [1.807, 2.05) is 6.07 Å². The predicted molar refractivity (Wildman–Crippen MR) is 95.8 cm³/mol. The summed E-state index contributed by atoms with van der Waals surface area (Å²) >= 11 is 0. The molecule has 3 N–H and O–H groups in total. The summed E-state index contributed by atoms with van der Waals surface area (Å²) in [7, 11) is 0. The van der Waals surface area contributed by atoms with Gasteiger partial charge in [-0.3, -0.25) is 9.78 Å². The van der Waals surface area contributed by atoms with Crippen molar-refractivity contribution in [1.29, 1.82) is 5.26 Å². The van der Waals surface area contributed by atoms with Crippen molar-refractivity contribution in [3.8, 4) is 17.5 Å². The standard InChI is InChI=1S/C18H14N6O2/c19-10-12-4-3-5-13(8-12)22-16-9-15(14-6-1-2-7-20-14)23-18(24-16)21-11-17(25)26/h1-9H,11H2,(H,25,26)(H2,21,22,23,24). The average molecular weight is 346 g/mol. The maximum atomic E-state index is 10.8. The van der Waals surface area contributed by atoms with Crippen LogP contribution in [0.2, 0.25) is 0 Å². The Morgan fingerprint density at radius 2 is 2.00 bits per heavy atom. The summed E-state index contributed by atoms with van der Waals surface area (Å²) in [6.07, 6.45) is 1.64. The van der Waals surface area contributed by atoms with Crippen LogP contribution in [0.1, 0.15) is 5.56 Å². The van der Waals surface area contributed by atoms with E-state index in [4.69, 9.17) is 10.4 Å². The molecule has 0 aliphatic heterocycles. The first-order chi connectivity index (χ1) is 12.6. The molecule has 8 heteroatoms. The highest BCUT2D eigenvalue weighted by Crippen LogP contribution is 2.22. The second-order valence-corrected chi connectivity index (χ2v) is 5.24. The molecular weight excluding hydrogens is 332 g/mol. The van der Waals surface area contributed by atoms with Gasteiger partial charge in [-0.25, -0.2) is 4.98 Å². The minimum Gasteiger partial charge on any atom is -0.480 e. The van der Waals surface area contributed by atoms with Crippen molar-refractivity contribution < 1.29 is 9.90 Å². The van der Waals surface area contributed by atoms with Gasteiger partial charge in [0, 0.05) is 18.0 Å². The highest BCUT2D eigenvalue weighted by Gasteiger charge is 2.09. The second kappa shape index (κ2) is 7.72. The molecule has 0 saturated heterocycles. The first-order valence-corrected chi connectivity index (χ1v) is 7.67. The lowest BCUT2D eigenvalue weighted by Gasteiger charge is -2.10. The van der Waals surface area contributed by atoms with Gasteiger partial charge in [0.2, 0.25) is 5.95 Å². The van der Waals surface area contributed by atoms with E-state index in [1.54, 1.807) is 48.7 Å². The SMILES string of the molecule is N#Cc1cccc(Nc2cc(-c3ccccn3)nc(NCC(=O)O)n2)c1. The maximum absolute atomic E-state index is 10.8. The summed E-state index contributed by atoms with van der Waals surface area (Å²) < 4.78 is 0. The van der Waals surface area contributed by atoms with Crippen molar-refractivity contribution in [2.24, 2.45) is 0 Å². The van der Waals surface area contributed by atoms with Crippen LogP contribution < -0.4 is 10.6 Å². The summed E-state index contributed by atoms with van der Waals surface area (Å²) in [6.45, 7) is -0.310. The zero-order valence-corrected chi connectivity index (χ0v) is 13.5. The Kier molecular flexibility index (Phi) is 5.00. The van der Waals surface area contributed by atoms with Crippen LogP contribution in [0.25, 0.3) is 11.4 Å². The van der Waals surface area contributed by atoms with Crippen molar-refractivity contribution in [1.82, 2.24) is 15.0 Å². The number of hydrogen-bond donors (Lipinski definition) is 3. The van der Waals surface area contributed by atoms with Crippen LogP contribution >= 0.6 is 0 Å². The van der Waals surface area contributed by atoms with Gasteiger partial charge in [-0.1, -0.05) is 12.1 Å². The number of aliphatic carboxylic acids is 1. The van der Waals surface area contributed by atoms with Crippen LogP contribution in [0.5, 0.6) is 0 Å². The summed E-state index contributed by atoms with van der Waals surface area (Å²) in [5.74, 6) is -0.411. The summed E-state index contributed by atoms with van der Waals surface area (Å²) in [6, 6.07) is 16.1. The summed E-state index contributed by atoms with van der Waals surface area (Å²) in [4.78, 5) is 23.6. The third-order valence-electron chi connectivity index (χ3n) is 3.32. The van der Waals surface area contributed by atoms with Crippen LogP contribution in [-0.4, -0.2) is 32.6 Å². The van der Waals surface area contributed by atoms with Crippen LogP contribution in [0.15, 0.2) is 54.7 Å². The van der Waals surface area contributed by atoms with Crippen LogP contribution in [0.3, 0.4) is 0 Å². The van der Waals surface area contributed by atoms with E-state index >= 15 is 0 Å². The Morgan fingerprint density at radius 3 is 2.73 bits per heavy atom. The molecule has 2 heterocycles.